The summed E-state index contributed by atoms with van der Waals surface area (Å²) in [7, 11) is 0. The van der Waals surface area contributed by atoms with Crippen LogP contribution < -0.4 is 10.2 Å². The summed E-state index contributed by atoms with van der Waals surface area (Å²) in [6, 6.07) is 12.9. The van der Waals surface area contributed by atoms with Gasteiger partial charge in [0.15, 0.2) is 6.61 Å². The first-order chi connectivity index (χ1) is 12.5. The molecule has 0 aliphatic carbocycles. The van der Waals surface area contributed by atoms with Gasteiger partial charge in [-0.2, -0.15) is 5.10 Å². The van der Waals surface area contributed by atoms with E-state index in [4.69, 9.17) is 16.3 Å². The lowest BCUT2D eigenvalue weighted by molar-refractivity contribution is -0.123. The number of halogens is 1. The number of carbonyl (C=O) groups excluding carboxylic acids is 1. The first-order valence-corrected chi connectivity index (χ1v) is 8.40. The van der Waals surface area contributed by atoms with E-state index in [-0.39, 0.29) is 12.5 Å². The molecule has 0 saturated heterocycles. The molecule has 7 nitrogen and oxygen atoms in total. The molecule has 0 saturated carbocycles. The van der Waals surface area contributed by atoms with E-state index in [1.165, 1.54) is 0 Å². The second-order valence-electron chi connectivity index (χ2n) is 5.82. The molecule has 2 aromatic carbocycles. The Morgan fingerprint density at radius 2 is 2.12 bits per heavy atom. The normalized spacial score (nSPS) is 11.6. The number of hydrogen-bond acceptors (Lipinski definition) is 5. The van der Waals surface area contributed by atoms with Crippen LogP contribution in [0.4, 0.5) is 0 Å². The summed E-state index contributed by atoms with van der Waals surface area (Å²) in [6.07, 6.45) is 0. The Morgan fingerprint density at radius 3 is 2.92 bits per heavy atom. The Kier molecular flexibility index (Phi) is 5.48. The van der Waals surface area contributed by atoms with Gasteiger partial charge in [-0.25, -0.2) is 10.1 Å². The van der Waals surface area contributed by atoms with Crippen LogP contribution in [0.25, 0.3) is 11.0 Å². The van der Waals surface area contributed by atoms with Gasteiger partial charge in [0.2, 0.25) is 0 Å². The number of aromatic nitrogens is 3. The monoisotopic (exact) mass is 371 g/mol. The van der Waals surface area contributed by atoms with Crippen molar-refractivity contribution in [3.05, 3.63) is 53.1 Å². The highest BCUT2D eigenvalue weighted by Gasteiger charge is 2.06. The molecule has 3 rings (SSSR count). The minimum Gasteiger partial charge on any atom is -0.484 e. The molecule has 0 atom stereocenters. The summed E-state index contributed by atoms with van der Waals surface area (Å²) in [4.78, 5) is 11.9. The lowest BCUT2D eigenvalue weighted by Gasteiger charge is -2.07. The topological polar surface area (TPSA) is 81.4 Å². The molecule has 0 spiro atoms. The van der Waals surface area contributed by atoms with Crippen molar-refractivity contribution in [3.63, 3.8) is 0 Å². The van der Waals surface area contributed by atoms with E-state index in [0.717, 1.165) is 16.6 Å². The Bertz CT molecular complexity index is 967. The standard InChI is InChI=1S/C18H18ClN5O2/c1-12-7-8-14(9-15(12)19)26-11-18(25)22-20-13(2)10-24-17-6-4-3-5-16(17)21-23-24/h3-9H,10-11H2,1-2H3,(H,22,25). The maximum absolute atomic E-state index is 11.9. The van der Waals surface area contributed by atoms with Gasteiger partial charge in [0.05, 0.1) is 17.8 Å². The van der Waals surface area contributed by atoms with Crippen LogP contribution in [0.5, 0.6) is 5.75 Å². The van der Waals surface area contributed by atoms with Gasteiger partial charge in [-0.1, -0.05) is 35.0 Å². The molecule has 134 valence electrons. The first kappa shape index (κ1) is 17.9. The summed E-state index contributed by atoms with van der Waals surface area (Å²) < 4.78 is 7.13. The Labute approximate surface area is 155 Å². The fraction of sp³-hybridized carbons (Fsp3) is 0.222. The van der Waals surface area contributed by atoms with E-state index in [1.54, 1.807) is 23.7 Å². The molecule has 3 aromatic rings. The van der Waals surface area contributed by atoms with E-state index in [2.05, 4.69) is 20.8 Å². The van der Waals surface area contributed by atoms with Crippen LogP contribution in [-0.4, -0.2) is 33.2 Å². The maximum Gasteiger partial charge on any atom is 0.277 e. The number of hydrazone groups is 1. The molecule has 0 bridgehead atoms. The average Bonchev–Trinajstić information content (AvgIpc) is 3.04. The van der Waals surface area contributed by atoms with Gasteiger partial charge in [0.1, 0.15) is 11.3 Å². The van der Waals surface area contributed by atoms with Crippen LogP contribution in [0.15, 0.2) is 47.6 Å². The minimum absolute atomic E-state index is 0.150. The molecule has 0 aliphatic rings. The summed E-state index contributed by atoms with van der Waals surface area (Å²) >= 11 is 6.03. The van der Waals surface area contributed by atoms with Gasteiger partial charge in [-0.15, -0.1) is 5.10 Å². The maximum atomic E-state index is 11.9. The molecule has 26 heavy (non-hydrogen) atoms. The van der Waals surface area contributed by atoms with E-state index in [1.807, 2.05) is 37.3 Å². The fourth-order valence-electron chi connectivity index (χ4n) is 2.29. The van der Waals surface area contributed by atoms with Gasteiger partial charge in [0, 0.05) is 5.02 Å². The highest BCUT2D eigenvalue weighted by Crippen LogP contribution is 2.21. The van der Waals surface area contributed by atoms with Crippen molar-refractivity contribution in [1.82, 2.24) is 20.4 Å². The summed E-state index contributed by atoms with van der Waals surface area (Å²) in [5.74, 6) is 0.176. The average molecular weight is 372 g/mol. The quantitative estimate of drug-likeness (QED) is 0.533. The van der Waals surface area contributed by atoms with Gasteiger partial charge < -0.3 is 4.74 Å². The SMILES string of the molecule is CC(Cn1nnc2ccccc21)=NNC(=O)COc1ccc(C)c(Cl)c1. The van der Waals surface area contributed by atoms with Crippen LogP contribution in [0.3, 0.4) is 0 Å². The minimum atomic E-state index is -0.357. The molecule has 0 unspecified atom stereocenters. The van der Waals surface area contributed by atoms with Gasteiger partial charge in [-0.05, 0) is 43.7 Å². The number of rotatable bonds is 6. The van der Waals surface area contributed by atoms with Crippen LogP contribution in [0.1, 0.15) is 12.5 Å². The third-order valence-electron chi connectivity index (χ3n) is 3.68. The molecule has 1 heterocycles. The number of para-hydroxylation sites is 1. The lowest BCUT2D eigenvalue weighted by Crippen LogP contribution is -2.26. The predicted molar refractivity (Wildman–Crippen MR) is 100 cm³/mol. The third-order valence-corrected chi connectivity index (χ3v) is 4.09. The molecular weight excluding hydrogens is 354 g/mol. The first-order valence-electron chi connectivity index (χ1n) is 8.02. The zero-order chi connectivity index (χ0) is 18.5. The molecule has 1 N–H and O–H groups in total. The molecule has 0 aliphatic heterocycles. The van der Waals surface area contributed by atoms with Crippen LogP contribution in [0.2, 0.25) is 5.02 Å². The molecule has 1 aromatic heterocycles. The van der Waals surface area contributed by atoms with Crippen LogP contribution >= 0.6 is 11.6 Å². The zero-order valence-corrected chi connectivity index (χ0v) is 15.2. The van der Waals surface area contributed by atoms with Crippen molar-refractivity contribution < 1.29 is 9.53 Å². The van der Waals surface area contributed by atoms with Crippen molar-refractivity contribution in [2.45, 2.75) is 20.4 Å². The molecular formula is C18H18ClN5O2. The molecule has 8 heteroatoms. The second kappa shape index (κ2) is 7.97. The Morgan fingerprint density at radius 1 is 1.31 bits per heavy atom. The van der Waals surface area contributed by atoms with E-state index >= 15 is 0 Å². The number of benzene rings is 2. The number of ether oxygens (including phenoxy) is 1. The van der Waals surface area contributed by atoms with E-state index in [0.29, 0.717) is 23.0 Å². The Balaban J connectivity index is 1.53. The second-order valence-corrected chi connectivity index (χ2v) is 6.22. The Hall–Kier alpha value is -2.93. The fourth-order valence-corrected chi connectivity index (χ4v) is 2.46. The number of aryl methyl sites for hydroxylation is 1. The van der Waals surface area contributed by atoms with Crippen molar-refractivity contribution in [2.75, 3.05) is 6.61 Å². The number of hydrogen-bond donors (Lipinski definition) is 1. The van der Waals surface area contributed by atoms with Crippen molar-refractivity contribution in [3.8, 4) is 5.75 Å². The third kappa shape index (κ3) is 4.37. The highest BCUT2D eigenvalue weighted by molar-refractivity contribution is 6.31. The molecule has 0 fully saturated rings. The highest BCUT2D eigenvalue weighted by atomic mass is 35.5. The summed E-state index contributed by atoms with van der Waals surface area (Å²) in [6.45, 7) is 3.98. The zero-order valence-electron chi connectivity index (χ0n) is 14.4. The molecule has 0 radical (unpaired) electrons. The summed E-state index contributed by atoms with van der Waals surface area (Å²) in [5, 5.41) is 12.8. The molecule has 1 amide bonds. The summed E-state index contributed by atoms with van der Waals surface area (Å²) in [5.41, 5.74) is 5.83. The number of nitrogens with zero attached hydrogens (tertiary/aromatic N) is 4. The number of fused-ring (bicyclic) bond motifs is 1. The van der Waals surface area contributed by atoms with Gasteiger partial charge in [-0.3, -0.25) is 4.79 Å². The van der Waals surface area contributed by atoms with Crippen molar-refractivity contribution >= 4 is 34.3 Å². The lowest BCUT2D eigenvalue weighted by atomic mass is 10.2. The predicted octanol–water partition coefficient (Wildman–Crippen LogP) is 2.96. The number of amides is 1. The van der Waals surface area contributed by atoms with Gasteiger partial charge >= 0.3 is 0 Å². The van der Waals surface area contributed by atoms with Crippen molar-refractivity contribution in [2.24, 2.45) is 5.10 Å². The number of nitrogens with one attached hydrogen (secondary N) is 1. The van der Waals surface area contributed by atoms with E-state index < -0.39 is 0 Å². The van der Waals surface area contributed by atoms with Crippen LogP contribution in [-0.2, 0) is 11.3 Å². The van der Waals surface area contributed by atoms with Crippen LogP contribution in [0, 0.1) is 6.92 Å². The van der Waals surface area contributed by atoms with E-state index in [9.17, 15) is 4.79 Å². The number of carbonyl (C=O) groups is 1. The van der Waals surface area contributed by atoms with Gasteiger partial charge in [0.25, 0.3) is 5.91 Å². The largest absolute Gasteiger partial charge is 0.484 e. The van der Waals surface area contributed by atoms with Crippen molar-refractivity contribution in [1.29, 1.82) is 0 Å². The smallest absolute Gasteiger partial charge is 0.277 e.